The summed E-state index contributed by atoms with van der Waals surface area (Å²) in [6, 6.07) is 34.9. The molecule has 0 aliphatic rings. The van der Waals surface area contributed by atoms with E-state index in [1.54, 1.807) is 11.9 Å². The van der Waals surface area contributed by atoms with E-state index >= 15 is 0 Å². The molecule has 0 aliphatic carbocycles. The van der Waals surface area contributed by atoms with E-state index in [1.807, 2.05) is 42.5 Å². The first kappa shape index (κ1) is 19.9. The number of hydrazine groups is 1. The van der Waals surface area contributed by atoms with E-state index in [-0.39, 0.29) is 0 Å². The van der Waals surface area contributed by atoms with E-state index in [1.165, 1.54) is 16.0 Å². The standard InChI is InChI=1S/C25H24N4S/c26-21-10-6-7-19(17-21)18-27-28-22-13-15-23(16-14-22)29-30-25-12-5-4-11-24(25)20-8-2-1-3-9-20/h1-17,27-29H,18,26H2. The Bertz CT molecular complexity index is 1080. The highest BCUT2D eigenvalue weighted by Gasteiger charge is 2.05. The quantitative estimate of drug-likeness (QED) is 0.158. The third-order valence-electron chi connectivity index (χ3n) is 4.61. The van der Waals surface area contributed by atoms with Crippen LogP contribution in [-0.2, 0) is 6.54 Å². The molecule has 4 aromatic carbocycles. The molecule has 0 saturated heterocycles. The van der Waals surface area contributed by atoms with Crippen molar-refractivity contribution in [3.8, 4) is 11.1 Å². The SMILES string of the molecule is Nc1cccc(CNNc2ccc(NSc3ccccc3-c3ccccc3)cc2)c1. The summed E-state index contributed by atoms with van der Waals surface area (Å²) in [5.41, 5.74) is 18.6. The van der Waals surface area contributed by atoms with Gasteiger partial charge in [0.2, 0.25) is 0 Å². The lowest BCUT2D eigenvalue weighted by molar-refractivity contribution is 0.802. The number of anilines is 3. The average molecular weight is 413 g/mol. The average Bonchev–Trinajstić information content (AvgIpc) is 2.79. The second kappa shape index (κ2) is 9.87. The maximum atomic E-state index is 5.81. The molecule has 150 valence electrons. The van der Waals surface area contributed by atoms with Crippen LogP contribution in [0.3, 0.4) is 0 Å². The first-order valence-electron chi connectivity index (χ1n) is 9.78. The third-order valence-corrected chi connectivity index (χ3v) is 5.53. The summed E-state index contributed by atoms with van der Waals surface area (Å²) in [6.45, 7) is 0.692. The van der Waals surface area contributed by atoms with Crippen LogP contribution in [0.2, 0.25) is 0 Å². The molecule has 0 unspecified atom stereocenters. The number of benzene rings is 4. The maximum Gasteiger partial charge on any atom is 0.0489 e. The summed E-state index contributed by atoms with van der Waals surface area (Å²) in [4.78, 5) is 1.19. The van der Waals surface area contributed by atoms with E-state index in [0.717, 1.165) is 22.6 Å². The minimum atomic E-state index is 0.692. The fourth-order valence-corrected chi connectivity index (χ4v) is 3.91. The molecule has 0 saturated carbocycles. The van der Waals surface area contributed by atoms with Gasteiger partial charge >= 0.3 is 0 Å². The molecule has 0 atom stereocenters. The van der Waals surface area contributed by atoms with Crippen molar-refractivity contribution in [1.82, 2.24) is 5.43 Å². The van der Waals surface area contributed by atoms with Crippen LogP contribution in [0.25, 0.3) is 11.1 Å². The molecular weight excluding hydrogens is 388 g/mol. The summed E-state index contributed by atoms with van der Waals surface area (Å²) in [5.74, 6) is 0. The van der Waals surface area contributed by atoms with Crippen LogP contribution in [0, 0.1) is 0 Å². The summed E-state index contributed by atoms with van der Waals surface area (Å²) in [5, 5.41) is 0. The van der Waals surface area contributed by atoms with E-state index in [2.05, 4.69) is 76.2 Å². The van der Waals surface area contributed by atoms with Gasteiger partial charge in [0.05, 0.1) is 0 Å². The molecule has 0 aliphatic heterocycles. The normalized spacial score (nSPS) is 10.5. The molecule has 4 nitrogen and oxygen atoms in total. The summed E-state index contributed by atoms with van der Waals surface area (Å²) >= 11 is 1.62. The minimum absolute atomic E-state index is 0.692. The molecule has 0 fully saturated rings. The van der Waals surface area contributed by atoms with Crippen LogP contribution in [-0.4, -0.2) is 0 Å². The number of hydrogen-bond acceptors (Lipinski definition) is 5. The smallest absolute Gasteiger partial charge is 0.0489 e. The van der Waals surface area contributed by atoms with Crippen molar-refractivity contribution in [2.45, 2.75) is 11.4 Å². The molecule has 0 spiro atoms. The number of nitrogens with two attached hydrogens (primary N) is 1. The lowest BCUT2D eigenvalue weighted by atomic mass is 10.1. The molecule has 5 heteroatoms. The van der Waals surface area contributed by atoms with E-state index in [9.17, 15) is 0 Å². The lowest BCUT2D eigenvalue weighted by Gasteiger charge is -2.12. The lowest BCUT2D eigenvalue weighted by Crippen LogP contribution is -2.20. The van der Waals surface area contributed by atoms with Gasteiger partial charge in [0, 0.05) is 28.5 Å². The molecule has 0 aromatic heterocycles. The van der Waals surface area contributed by atoms with Gasteiger partial charge < -0.3 is 15.9 Å². The summed E-state index contributed by atoms with van der Waals surface area (Å²) in [6.07, 6.45) is 0. The third kappa shape index (κ3) is 5.35. The van der Waals surface area contributed by atoms with Crippen molar-refractivity contribution in [2.24, 2.45) is 0 Å². The van der Waals surface area contributed by atoms with Crippen LogP contribution in [0.1, 0.15) is 5.56 Å². The Morgan fingerprint density at radius 1 is 0.700 bits per heavy atom. The van der Waals surface area contributed by atoms with E-state index < -0.39 is 0 Å². The molecule has 0 radical (unpaired) electrons. The Balaban J connectivity index is 1.32. The predicted molar refractivity (Wildman–Crippen MR) is 129 cm³/mol. The van der Waals surface area contributed by atoms with Crippen LogP contribution in [0.4, 0.5) is 17.1 Å². The number of nitrogens with one attached hydrogen (secondary N) is 3. The topological polar surface area (TPSA) is 62.1 Å². The van der Waals surface area contributed by atoms with Gasteiger partial charge in [-0.2, -0.15) is 0 Å². The van der Waals surface area contributed by atoms with Crippen molar-refractivity contribution < 1.29 is 0 Å². The Morgan fingerprint density at radius 3 is 2.23 bits per heavy atom. The highest BCUT2D eigenvalue weighted by Crippen LogP contribution is 2.32. The predicted octanol–water partition coefficient (Wildman–Crippen LogP) is 6.17. The Hall–Kier alpha value is -3.41. The second-order valence-corrected chi connectivity index (χ2v) is 7.72. The van der Waals surface area contributed by atoms with Crippen molar-refractivity contribution >= 4 is 29.0 Å². The molecule has 5 N–H and O–H groups in total. The first-order valence-corrected chi connectivity index (χ1v) is 10.6. The summed E-state index contributed by atoms with van der Waals surface area (Å²) < 4.78 is 3.44. The van der Waals surface area contributed by atoms with E-state index in [0.29, 0.717) is 6.54 Å². The van der Waals surface area contributed by atoms with Crippen molar-refractivity contribution in [3.63, 3.8) is 0 Å². The van der Waals surface area contributed by atoms with Gasteiger partial charge in [-0.15, -0.1) is 0 Å². The Morgan fingerprint density at radius 2 is 1.43 bits per heavy atom. The fourth-order valence-electron chi connectivity index (χ4n) is 3.10. The van der Waals surface area contributed by atoms with Gasteiger partial charge in [-0.25, -0.2) is 5.43 Å². The Labute approximate surface area is 181 Å². The zero-order chi connectivity index (χ0) is 20.6. The van der Waals surface area contributed by atoms with Gasteiger partial charge in [0.25, 0.3) is 0 Å². The molecular formula is C25H24N4S. The zero-order valence-electron chi connectivity index (χ0n) is 16.5. The monoisotopic (exact) mass is 412 g/mol. The number of nitrogen functional groups attached to an aromatic ring is 1. The number of hydrogen-bond donors (Lipinski definition) is 4. The fraction of sp³-hybridized carbons (Fsp3) is 0.0400. The molecule has 0 amide bonds. The van der Waals surface area contributed by atoms with Crippen LogP contribution >= 0.6 is 11.9 Å². The minimum Gasteiger partial charge on any atom is -0.399 e. The molecule has 0 heterocycles. The molecule has 0 bridgehead atoms. The molecule has 30 heavy (non-hydrogen) atoms. The highest BCUT2D eigenvalue weighted by molar-refractivity contribution is 8.00. The molecule has 4 rings (SSSR count). The van der Waals surface area contributed by atoms with Crippen molar-refractivity contribution in [1.29, 1.82) is 0 Å². The zero-order valence-corrected chi connectivity index (χ0v) is 17.3. The van der Waals surface area contributed by atoms with Gasteiger partial charge in [0.15, 0.2) is 0 Å². The largest absolute Gasteiger partial charge is 0.399 e. The van der Waals surface area contributed by atoms with Gasteiger partial charge in [0.1, 0.15) is 0 Å². The van der Waals surface area contributed by atoms with E-state index in [4.69, 9.17) is 5.73 Å². The van der Waals surface area contributed by atoms with Gasteiger partial charge in [-0.3, -0.25) is 0 Å². The Kier molecular flexibility index (Phi) is 6.54. The first-order chi connectivity index (χ1) is 14.8. The highest BCUT2D eigenvalue weighted by atomic mass is 32.2. The van der Waals surface area contributed by atoms with Gasteiger partial charge in [-0.05, 0) is 71.1 Å². The van der Waals surface area contributed by atoms with Crippen LogP contribution in [0.15, 0.2) is 108 Å². The summed E-state index contributed by atoms with van der Waals surface area (Å²) in [7, 11) is 0. The molecule has 4 aromatic rings. The van der Waals surface area contributed by atoms with Crippen molar-refractivity contribution in [2.75, 3.05) is 15.9 Å². The van der Waals surface area contributed by atoms with Crippen LogP contribution < -0.4 is 21.3 Å². The van der Waals surface area contributed by atoms with Gasteiger partial charge in [-0.1, -0.05) is 60.7 Å². The maximum absolute atomic E-state index is 5.81. The van der Waals surface area contributed by atoms with Crippen molar-refractivity contribution in [3.05, 3.63) is 109 Å². The number of rotatable bonds is 8. The van der Waals surface area contributed by atoms with Crippen LogP contribution in [0.5, 0.6) is 0 Å². The second-order valence-electron chi connectivity index (χ2n) is 6.87.